The summed E-state index contributed by atoms with van der Waals surface area (Å²) in [5, 5.41) is 0. The Morgan fingerprint density at radius 3 is 1.73 bits per heavy atom. The second-order valence-corrected chi connectivity index (χ2v) is 2.91. The summed E-state index contributed by atoms with van der Waals surface area (Å²) >= 11 is 0. The maximum atomic E-state index is 11.4. The molecule has 0 saturated heterocycles. The number of hydrogen-bond donors (Lipinski definition) is 0. The van der Waals surface area contributed by atoms with Crippen molar-refractivity contribution in [3.05, 3.63) is 12.7 Å². The minimum Gasteiger partial charge on any atom is -0.294 e. The van der Waals surface area contributed by atoms with Crippen LogP contribution in [0.25, 0.3) is 0 Å². The van der Waals surface area contributed by atoms with Gasteiger partial charge in [0.25, 0.3) is 0 Å². The summed E-state index contributed by atoms with van der Waals surface area (Å²) in [7, 11) is 0. The first-order chi connectivity index (χ1) is 5.16. The zero-order valence-corrected chi connectivity index (χ0v) is 7.81. The molecule has 0 bridgehead atoms. The molecule has 11 heavy (non-hydrogen) atoms. The third-order valence-corrected chi connectivity index (χ3v) is 2.74. The molecule has 0 aromatic heterocycles. The van der Waals surface area contributed by atoms with Gasteiger partial charge in [0.15, 0.2) is 5.78 Å². The van der Waals surface area contributed by atoms with Crippen molar-refractivity contribution >= 4 is 5.78 Å². The van der Waals surface area contributed by atoms with Gasteiger partial charge in [0.2, 0.25) is 0 Å². The average molecular weight is 154 g/mol. The lowest BCUT2D eigenvalue weighted by Crippen LogP contribution is -2.27. The van der Waals surface area contributed by atoms with Crippen LogP contribution in [0.5, 0.6) is 0 Å². The highest BCUT2D eigenvalue weighted by Crippen LogP contribution is 2.31. The highest BCUT2D eigenvalue weighted by molar-refractivity contribution is 5.94. The molecule has 0 aromatic rings. The SMILES string of the molecule is C=CC(=O)C(CC)(CC)CC. The van der Waals surface area contributed by atoms with Crippen molar-refractivity contribution in [2.45, 2.75) is 40.0 Å². The van der Waals surface area contributed by atoms with Crippen molar-refractivity contribution in [2.24, 2.45) is 5.41 Å². The molecule has 0 saturated carbocycles. The number of hydrogen-bond acceptors (Lipinski definition) is 1. The Kier molecular flexibility index (Phi) is 4.09. The Morgan fingerprint density at radius 1 is 1.27 bits per heavy atom. The first-order valence-corrected chi connectivity index (χ1v) is 4.33. The number of ketones is 1. The third kappa shape index (κ3) is 1.92. The van der Waals surface area contributed by atoms with Crippen molar-refractivity contribution < 1.29 is 4.79 Å². The Morgan fingerprint density at radius 2 is 1.64 bits per heavy atom. The fourth-order valence-electron chi connectivity index (χ4n) is 1.49. The van der Waals surface area contributed by atoms with Crippen LogP contribution in [0.3, 0.4) is 0 Å². The van der Waals surface area contributed by atoms with E-state index in [9.17, 15) is 4.79 Å². The summed E-state index contributed by atoms with van der Waals surface area (Å²) in [6, 6.07) is 0. The predicted octanol–water partition coefficient (Wildman–Crippen LogP) is 2.96. The van der Waals surface area contributed by atoms with E-state index in [0.29, 0.717) is 0 Å². The molecule has 0 N–H and O–H groups in total. The van der Waals surface area contributed by atoms with Crippen LogP contribution in [0, 0.1) is 5.41 Å². The number of carbonyl (C=O) groups is 1. The van der Waals surface area contributed by atoms with Gasteiger partial charge >= 0.3 is 0 Å². The minimum atomic E-state index is -0.123. The molecule has 0 spiro atoms. The van der Waals surface area contributed by atoms with Gasteiger partial charge in [-0.05, 0) is 25.3 Å². The van der Waals surface area contributed by atoms with Gasteiger partial charge in [-0.2, -0.15) is 0 Å². The Balaban J connectivity index is 4.52. The summed E-state index contributed by atoms with van der Waals surface area (Å²) < 4.78 is 0. The standard InChI is InChI=1S/C10H18O/c1-5-9(11)10(6-2,7-3)8-4/h5H,1,6-8H2,2-4H3. The van der Waals surface area contributed by atoms with Crippen LogP contribution in [0.15, 0.2) is 12.7 Å². The zero-order valence-electron chi connectivity index (χ0n) is 7.81. The Labute approximate surface area is 69.5 Å². The van der Waals surface area contributed by atoms with Crippen molar-refractivity contribution in [1.82, 2.24) is 0 Å². The van der Waals surface area contributed by atoms with Gasteiger partial charge in [0, 0.05) is 5.41 Å². The summed E-state index contributed by atoms with van der Waals surface area (Å²) in [4.78, 5) is 11.4. The lowest BCUT2D eigenvalue weighted by atomic mass is 9.76. The summed E-state index contributed by atoms with van der Waals surface area (Å²) in [6.07, 6.45) is 4.22. The molecule has 0 rings (SSSR count). The van der Waals surface area contributed by atoms with E-state index in [-0.39, 0.29) is 11.2 Å². The molecule has 1 heteroatoms. The van der Waals surface area contributed by atoms with Crippen molar-refractivity contribution in [3.8, 4) is 0 Å². The molecular formula is C10H18O. The van der Waals surface area contributed by atoms with E-state index in [4.69, 9.17) is 0 Å². The van der Waals surface area contributed by atoms with Crippen LogP contribution in [0.1, 0.15) is 40.0 Å². The minimum absolute atomic E-state index is 0.123. The largest absolute Gasteiger partial charge is 0.294 e. The highest BCUT2D eigenvalue weighted by atomic mass is 16.1. The molecule has 0 heterocycles. The maximum Gasteiger partial charge on any atom is 0.161 e. The molecule has 0 atom stereocenters. The van der Waals surface area contributed by atoms with Crippen molar-refractivity contribution in [3.63, 3.8) is 0 Å². The van der Waals surface area contributed by atoms with E-state index >= 15 is 0 Å². The van der Waals surface area contributed by atoms with Crippen LogP contribution in [0.2, 0.25) is 0 Å². The van der Waals surface area contributed by atoms with Gasteiger partial charge < -0.3 is 0 Å². The van der Waals surface area contributed by atoms with E-state index < -0.39 is 0 Å². The van der Waals surface area contributed by atoms with Gasteiger partial charge in [0.1, 0.15) is 0 Å². The fraction of sp³-hybridized carbons (Fsp3) is 0.700. The van der Waals surface area contributed by atoms with Crippen LogP contribution < -0.4 is 0 Å². The maximum absolute atomic E-state index is 11.4. The molecule has 0 aliphatic carbocycles. The van der Waals surface area contributed by atoms with E-state index in [2.05, 4.69) is 27.4 Å². The average Bonchev–Trinajstić information content (AvgIpc) is 2.08. The lowest BCUT2D eigenvalue weighted by Gasteiger charge is -2.26. The van der Waals surface area contributed by atoms with Gasteiger partial charge in [-0.1, -0.05) is 27.4 Å². The number of carbonyl (C=O) groups excluding carboxylic acids is 1. The topological polar surface area (TPSA) is 17.1 Å². The molecular weight excluding hydrogens is 136 g/mol. The van der Waals surface area contributed by atoms with E-state index in [1.165, 1.54) is 6.08 Å². The first-order valence-electron chi connectivity index (χ1n) is 4.33. The molecule has 1 nitrogen and oxygen atoms in total. The normalized spacial score (nSPS) is 11.2. The van der Waals surface area contributed by atoms with Gasteiger partial charge in [-0.3, -0.25) is 4.79 Å². The zero-order chi connectivity index (χ0) is 8.91. The third-order valence-electron chi connectivity index (χ3n) is 2.74. The molecule has 0 aromatic carbocycles. The quantitative estimate of drug-likeness (QED) is 0.556. The van der Waals surface area contributed by atoms with E-state index in [1.807, 2.05) is 0 Å². The van der Waals surface area contributed by atoms with Crippen molar-refractivity contribution in [1.29, 1.82) is 0 Å². The highest BCUT2D eigenvalue weighted by Gasteiger charge is 2.29. The molecule has 0 unspecified atom stereocenters. The smallest absolute Gasteiger partial charge is 0.161 e. The monoisotopic (exact) mass is 154 g/mol. The van der Waals surface area contributed by atoms with Gasteiger partial charge in [-0.25, -0.2) is 0 Å². The van der Waals surface area contributed by atoms with E-state index in [0.717, 1.165) is 19.3 Å². The molecule has 64 valence electrons. The van der Waals surface area contributed by atoms with Gasteiger partial charge in [0.05, 0.1) is 0 Å². The molecule has 0 radical (unpaired) electrons. The van der Waals surface area contributed by atoms with Crippen LogP contribution >= 0.6 is 0 Å². The molecule has 0 fully saturated rings. The first kappa shape index (κ1) is 10.4. The summed E-state index contributed by atoms with van der Waals surface area (Å²) in [5.74, 6) is 0.199. The summed E-state index contributed by atoms with van der Waals surface area (Å²) in [6.45, 7) is 9.71. The van der Waals surface area contributed by atoms with Crippen LogP contribution in [-0.2, 0) is 4.79 Å². The molecule has 0 aliphatic rings. The Bertz CT molecular complexity index is 135. The molecule has 0 amide bonds. The predicted molar refractivity (Wildman–Crippen MR) is 48.5 cm³/mol. The summed E-state index contributed by atoms with van der Waals surface area (Å²) in [5.41, 5.74) is -0.123. The molecule has 0 aliphatic heterocycles. The van der Waals surface area contributed by atoms with E-state index in [1.54, 1.807) is 0 Å². The second-order valence-electron chi connectivity index (χ2n) is 2.91. The van der Waals surface area contributed by atoms with Crippen LogP contribution in [-0.4, -0.2) is 5.78 Å². The van der Waals surface area contributed by atoms with Crippen molar-refractivity contribution in [2.75, 3.05) is 0 Å². The number of rotatable bonds is 5. The van der Waals surface area contributed by atoms with Gasteiger partial charge in [-0.15, -0.1) is 0 Å². The lowest BCUT2D eigenvalue weighted by molar-refractivity contribution is -0.124. The number of allylic oxidation sites excluding steroid dienone is 1. The Hall–Kier alpha value is -0.590. The van der Waals surface area contributed by atoms with Crippen LogP contribution in [0.4, 0.5) is 0 Å². The second kappa shape index (κ2) is 4.32. The fourth-order valence-corrected chi connectivity index (χ4v) is 1.49.